The van der Waals surface area contributed by atoms with Crippen molar-refractivity contribution in [1.82, 2.24) is 5.32 Å². The molecule has 1 atom stereocenters. The number of benzene rings is 2. The van der Waals surface area contributed by atoms with E-state index in [9.17, 15) is 24.5 Å². The minimum absolute atomic E-state index is 0.0267. The van der Waals surface area contributed by atoms with E-state index in [1.165, 1.54) is 24.6 Å². The van der Waals surface area contributed by atoms with Crippen molar-refractivity contribution in [3.63, 3.8) is 0 Å². The fourth-order valence-electron chi connectivity index (χ4n) is 3.30. The van der Waals surface area contributed by atoms with Crippen LogP contribution >= 0.6 is 11.6 Å². The summed E-state index contributed by atoms with van der Waals surface area (Å²) in [7, 11) is 0. The highest BCUT2D eigenvalue weighted by molar-refractivity contribution is 6.32. The second-order valence-electron chi connectivity index (χ2n) is 6.94. The van der Waals surface area contributed by atoms with Crippen LogP contribution in [-0.4, -0.2) is 35.2 Å². The van der Waals surface area contributed by atoms with Gasteiger partial charge in [-0.15, -0.1) is 0 Å². The van der Waals surface area contributed by atoms with Crippen molar-refractivity contribution in [2.45, 2.75) is 32.3 Å². The Labute approximate surface area is 177 Å². The number of nitrogens with one attached hydrogen (secondary N) is 1. The molecule has 0 spiro atoms. The molecule has 3 rings (SSSR count). The van der Waals surface area contributed by atoms with Crippen molar-refractivity contribution in [3.8, 4) is 0 Å². The Morgan fingerprint density at radius 3 is 2.57 bits per heavy atom. The van der Waals surface area contributed by atoms with E-state index in [0.717, 1.165) is 30.9 Å². The van der Waals surface area contributed by atoms with Crippen LogP contribution < -0.4 is 5.32 Å². The quantitative estimate of drug-likeness (QED) is 0.312. The molecule has 0 aromatic heterocycles. The number of nitrogens with zero attached hydrogens (tertiary/aromatic N) is 1. The number of hydrogen-bond acceptors (Lipinski definition) is 6. The monoisotopic (exact) mass is 430 g/mol. The Bertz CT molecular complexity index is 1040. The number of hydrogen-bond donors (Lipinski definition) is 1. The Morgan fingerprint density at radius 2 is 1.83 bits per heavy atom. The number of amides is 1. The second kappa shape index (κ2) is 9.04. The van der Waals surface area contributed by atoms with E-state index in [1.807, 2.05) is 12.1 Å². The molecule has 0 fully saturated rings. The number of carbonyl (C=O) groups excluding carboxylic acids is 3. The normalized spacial score (nSPS) is 13.3. The lowest BCUT2D eigenvalue weighted by atomic mass is 10.0. The van der Waals surface area contributed by atoms with E-state index >= 15 is 0 Å². The van der Waals surface area contributed by atoms with Gasteiger partial charge in [-0.2, -0.15) is 0 Å². The van der Waals surface area contributed by atoms with Gasteiger partial charge in [-0.1, -0.05) is 23.7 Å². The van der Waals surface area contributed by atoms with Crippen molar-refractivity contribution < 1.29 is 24.0 Å². The van der Waals surface area contributed by atoms with Gasteiger partial charge in [0.15, 0.2) is 6.10 Å². The first-order chi connectivity index (χ1) is 14.3. The highest BCUT2D eigenvalue weighted by atomic mass is 35.5. The van der Waals surface area contributed by atoms with Crippen molar-refractivity contribution in [1.29, 1.82) is 0 Å². The molecule has 30 heavy (non-hydrogen) atoms. The van der Waals surface area contributed by atoms with Crippen molar-refractivity contribution in [3.05, 3.63) is 73.8 Å². The number of rotatable bonds is 7. The van der Waals surface area contributed by atoms with E-state index in [1.54, 1.807) is 6.07 Å². The van der Waals surface area contributed by atoms with E-state index < -0.39 is 35.1 Å². The summed E-state index contributed by atoms with van der Waals surface area (Å²) in [6.45, 7) is 0.981. The Kier molecular flexibility index (Phi) is 6.47. The Hall–Kier alpha value is -3.26. The molecule has 0 bridgehead atoms. The molecule has 1 aliphatic carbocycles. The molecule has 8 nitrogen and oxygen atoms in total. The maximum atomic E-state index is 12.5. The molecule has 9 heteroatoms. The average Bonchev–Trinajstić information content (AvgIpc) is 3.19. The lowest BCUT2D eigenvalue weighted by Crippen LogP contribution is -2.34. The van der Waals surface area contributed by atoms with Crippen molar-refractivity contribution in [2.75, 3.05) is 6.54 Å². The molecular weight excluding hydrogens is 412 g/mol. The van der Waals surface area contributed by atoms with E-state index in [2.05, 4.69) is 5.32 Å². The molecular formula is C21H19ClN2O6. The average molecular weight is 431 g/mol. The summed E-state index contributed by atoms with van der Waals surface area (Å²) in [6, 6.07) is 9.04. The van der Waals surface area contributed by atoms with Crippen LogP contribution in [0.25, 0.3) is 0 Å². The van der Waals surface area contributed by atoms with Crippen molar-refractivity contribution >= 4 is 34.9 Å². The minimum Gasteiger partial charge on any atom is -0.453 e. The predicted octanol–water partition coefficient (Wildman–Crippen LogP) is 3.28. The number of carbonyl (C=O) groups is 3. The van der Waals surface area contributed by atoms with Gasteiger partial charge in [0.2, 0.25) is 5.78 Å². The molecule has 2 aromatic carbocycles. The first-order valence-corrected chi connectivity index (χ1v) is 9.71. The van der Waals surface area contributed by atoms with Crippen LogP contribution in [0.2, 0.25) is 5.02 Å². The zero-order valence-corrected chi connectivity index (χ0v) is 16.9. The summed E-state index contributed by atoms with van der Waals surface area (Å²) < 4.78 is 5.12. The molecule has 1 amide bonds. The third kappa shape index (κ3) is 4.83. The number of halogens is 1. The predicted molar refractivity (Wildman–Crippen MR) is 109 cm³/mol. The molecule has 0 radical (unpaired) electrons. The molecule has 1 N–H and O–H groups in total. The number of nitro benzene ring substituents is 1. The molecule has 0 aliphatic heterocycles. The molecule has 1 unspecified atom stereocenters. The van der Waals surface area contributed by atoms with E-state index in [4.69, 9.17) is 16.3 Å². The largest absolute Gasteiger partial charge is 0.453 e. The number of ketones is 1. The number of fused-ring (bicyclic) bond motifs is 1. The maximum Gasteiger partial charge on any atom is 0.326 e. The van der Waals surface area contributed by atoms with E-state index in [0.29, 0.717) is 5.56 Å². The third-order valence-electron chi connectivity index (χ3n) is 4.86. The number of Topliss-reactive ketones (excluding diaryl/α,β-unsaturated/α-hetero) is 1. The zero-order chi connectivity index (χ0) is 21.8. The smallest absolute Gasteiger partial charge is 0.326 e. The number of nitro groups is 1. The van der Waals surface area contributed by atoms with Gasteiger partial charge in [0.1, 0.15) is 11.6 Å². The summed E-state index contributed by atoms with van der Waals surface area (Å²) >= 11 is 5.71. The highest BCUT2D eigenvalue weighted by Crippen LogP contribution is 2.25. The van der Waals surface area contributed by atoms with Crippen LogP contribution in [0.5, 0.6) is 0 Å². The molecule has 0 heterocycles. The molecule has 1 aliphatic rings. The van der Waals surface area contributed by atoms with Crippen LogP contribution in [0.1, 0.15) is 45.2 Å². The molecule has 2 aromatic rings. The third-order valence-corrected chi connectivity index (χ3v) is 5.18. The van der Waals surface area contributed by atoms with Gasteiger partial charge in [-0.05, 0) is 55.5 Å². The summed E-state index contributed by atoms with van der Waals surface area (Å²) in [5.74, 6) is -1.82. The van der Waals surface area contributed by atoms with Gasteiger partial charge in [0.25, 0.3) is 11.6 Å². The fraction of sp³-hybridized carbons (Fsp3) is 0.286. The van der Waals surface area contributed by atoms with Gasteiger partial charge < -0.3 is 10.1 Å². The standard InChI is InChI=1S/C21H19ClN2O6/c1-12(20(26)15-6-5-13-3-2-4-14(13)9-15)30-19(25)11-23-21(27)16-7-8-17(22)18(10-16)24(28)29/h5-10,12H,2-4,11H2,1H3,(H,23,27). The van der Waals surface area contributed by atoms with Gasteiger partial charge in [-0.25, -0.2) is 0 Å². The number of ether oxygens (including phenoxy) is 1. The second-order valence-corrected chi connectivity index (χ2v) is 7.35. The summed E-state index contributed by atoms with van der Waals surface area (Å²) in [4.78, 5) is 46.9. The molecule has 0 saturated heterocycles. The topological polar surface area (TPSA) is 116 Å². The number of aryl methyl sites for hydroxylation is 2. The fourth-order valence-corrected chi connectivity index (χ4v) is 3.49. The first-order valence-electron chi connectivity index (χ1n) is 9.34. The summed E-state index contributed by atoms with van der Waals surface area (Å²) in [5, 5.41) is 13.1. The highest BCUT2D eigenvalue weighted by Gasteiger charge is 2.22. The van der Waals surface area contributed by atoms with Crippen LogP contribution in [0, 0.1) is 10.1 Å². The van der Waals surface area contributed by atoms with Crippen LogP contribution in [-0.2, 0) is 22.4 Å². The minimum atomic E-state index is -1.01. The van der Waals surface area contributed by atoms with Crippen LogP contribution in [0.3, 0.4) is 0 Å². The van der Waals surface area contributed by atoms with E-state index in [-0.39, 0.29) is 16.4 Å². The summed E-state index contributed by atoms with van der Waals surface area (Å²) in [6.07, 6.45) is 1.99. The Morgan fingerprint density at radius 1 is 1.13 bits per heavy atom. The van der Waals surface area contributed by atoms with Crippen LogP contribution in [0.4, 0.5) is 5.69 Å². The first kappa shape index (κ1) is 21.4. The maximum absolute atomic E-state index is 12.5. The van der Waals surface area contributed by atoms with Gasteiger partial charge in [-0.3, -0.25) is 24.5 Å². The lowest BCUT2D eigenvalue weighted by molar-refractivity contribution is -0.384. The Balaban J connectivity index is 1.55. The van der Waals surface area contributed by atoms with Gasteiger partial charge in [0.05, 0.1) is 4.92 Å². The lowest BCUT2D eigenvalue weighted by Gasteiger charge is -2.13. The van der Waals surface area contributed by atoms with Crippen LogP contribution in [0.15, 0.2) is 36.4 Å². The van der Waals surface area contributed by atoms with Gasteiger partial charge >= 0.3 is 5.97 Å². The van der Waals surface area contributed by atoms with Crippen molar-refractivity contribution in [2.24, 2.45) is 0 Å². The zero-order valence-electron chi connectivity index (χ0n) is 16.1. The molecule has 0 saturated carbocycles. The SMILES string of the molecule is CC(OC(=O)CNC(=O)c1ccc(Cl)c([N+](=O)[O-])c1)C(=O)c1ccc2c(c1)CCC2. The number of esters is 1. The summed E-state index contributed by atoms with van der Waals surface area (Å²) in [5.41, 5.74) is 2.42. The molecule has 156 valence electrons. The van der Waals surface area contributed by atoms with Gasteiger partial charge in [0, 0.05) is 17.2 Å².